The van der Waals surface area contributed by atoms with Crippen molar-refractivity contribution in [2.45, 2.75) is 27.1 Å². The molecule has 0 spiro atoms. The topological polar surface area (TPSA) is 78.0 Å². The molecule has 0 unspecified atom stereocenters. The smallest absolute Gasteiger partial charge is 0.307 e. The Morgan fingerprint density at radius 1 is 0.951 bits per heavy atom. The fourth-order valence-electron chi connectivity index (χ4n) is 4.27. The van der Waals surface area contributed by atoms with Gasteiger partial charge in [0.2, 0.25) is 0 Å². The molecular weight excluding hydrogens is 606 g/mol. The fourth-order valence-corrected chi connectivity index (χ4v) is 5.22. The number of nitrogens with zero attached hydrogens (tertiary/aromatic N) is 2. The maximum absolute atomic E-state index is 12.6. The lowest BCUT2D eigenvalue weighted by Gasteiger charge is -2.12. The van der Waals surface area contributed by atoms with Crippen LogP contribution in [0.4, 0.5) is 0 Å². The van der Waals surface area contributed by atoms with Crippen molar-refractivity contribution in [2.75, 3.05) is 0 Å². The van der Waals surface area contributed by atoms with Gasteiger partial charge >= 0.3 is 5.91 Å². The quantitative estimate of drug-likeness (QED) is 0.125. The Labute approximate surface area is 251 Å². The summed E-state index contributed by atoms with van der Waals surface area (Å²) in [6, 6.07) is 28.5. The zero-order valence-electron chi connectivity index (χ0n) is 22.4. The molecule has 0 radical (unpaired) electrons. The number of furan rings is 1. The van der Waals surface area contributed by atoms with E-state index >= 15 is 0 Å². The highest BCUT2D eigenvalue weighted by Crippen LogP contribution is 2.32. The molecule has 2 aromatic heterocycles. The third-order valence-corrected chi connectivity index (χ3v) is 7.07. The van der Waals surface area contributed by atoms with Gasteiger partial charge in [-0.05, 0) is 96.0 Å². The maximum atomic E-state index is 12.6. The van der Waals surface area contributed by atoms with E-state index in [4.69, 9.17) is 25.5 Å². The van der Waals surface area contributed by atoms with E-state index in [0.29, 0.717) is 38.9 Å². The molecule has 5 aromatic rings. The molecule has 7 nitrogen and oxygen atoms in total. The molecule has 9 heteroatoms. The summed E-state index contributed by atoms with van der Waals surface area (Å²) in [7, 11) is 0. The fraction of sp³-hybridized carbons (Fsp3) is 0.125. The van der Waals surface area contributed by atoms with Crippen LogP contribution in [0.3, 0.4) is 0 Å². The molecule has 1 amide bonds. The lowest BCUT2D eigenvalue weighted by Crippen LogP contribution is -2.17. The molecule has 41 heavy (non-hydrogen) atoms. The van der Waals surface area contributed by atoms with Gasteiger partial charge in [0.05, 0.1) is 10.7 Å². The lowest BCUT2D eigenvalue weighted by atomic mass is 10.2. The third kappa shape index (κ3) is 7.09. The molecule has 0 fully saturated rings. The second-order valence-electron chi connectivity index (χ2n) is 9.28. The van der Waals surface area contributed by atoms with E-state index in [1.807, 2.05) is 54.6 Å². The van der Waals surface area contributed by atoms with Gasteiger partial charge in [-0.2, -0.15) is 5.10 Å². The number of hydrogen-bond donors (Lipinski definition) is 1. The van der Waals surface area contributed by atoms with Crippen molar-refractivity contribution in [3.05, 3.63) is 135 Å². The van der Waals surface area contributed by atoms with Gasteiger partial charge in [-0.1, -0.05) is 41.9 Å². The molecule has 1 N–H and O–H groups in total. The van der Waals surface area contributed by atoms with Crippen molar-refractivity contribution in [3.63, 3.8) is 0 Å². The largest absolute Gasteiger partial charge is 0.487 e. The van der Waals surface area contributed by atoms with E-state index in [-0.39, 0.29) is 12.4 Å². The lowest BCUT2D eigenvalue weighted by molar-refractivity contribution is 0.0923. The summed E-state index contributed by atoms with van der Waals surface area (Å²) >= 11 is 9.73. The number of aryl methyl sites for hydroxylation is 2. The second kappa shape index (κ2) is 12.9. The number of nitrogens with one attached hydrogen (secondary N) is 1. The molecule has 0 saturated carbocycles. The number of benzene rings is 3. The van der Waals surface area contributed by atoms with Crippen molar-refractivity contribution in [1.82, 2.24) is 9.99 Å². The van der Waals surface area contributed by atoms with E-state index in [2.05, 4.69) is 57.0 Å². The Morgan fingerprint density at radius 3 is 2.41 bits per heavy atom. The highest BCUT2D eigenvalue weighted by Gasteiger charge is 2.13. The zero-order valence-corrected chi connectivity index (χ0v) is 24.8. The first-order valence-electron chi connectivity index (χ1n) is 12.8. The molecule has 0 atom stereocenters. The molecule has 0 aliphatic rings. The van der Waals surface area contributed by atoms with Crippen molar-refractivity contribution in [3.8, 4) is 17.2 Å². The molecule has 0 aliphatic carbocycles. The van der Waals surface area contributed by atoms with Crippen molar-refractivity contribution >= 4 is 39.7 Å². The second-order valence-corrected chi connectivity index (χ2v) is 10.6. The van der Waals surface area contributed by atoms with Gasteiger partial charge in [0, 0.05) is 27.7 Å². The maximum Gasteiger partial charge on any atom is 0.307 e. The average Bonchev–Trinajstić information content (AvgIpc) is 3.58. The van der Waals surface area contributed by atoms with Crippen LogP contribution in [-0.2, 0) is 13.2 Å². The highest BCUT2D eigenvalue weighted by molar-refractivity contribution is 9.10. The van der Waals surface area contributed by atoms with Crippen molar-refractivity contribution in [1.29, 1.82) is 0 Å². The van der Waals surface area contributed by atoms with Gasteiger partial charge in [0.25, 0.3) is 0 Å². The minimum atomic E-state index is -0.498. The summed E-state index contributed by atoms with van der Waals surface area (Å²) in [5.41, 5.74) is 7.49. The van der Waals surface area contributed by atoms with E-state index in [9.17, 15) is 4.79 Å². The first kappa shape index (κ1) is 28.3. The number of carbonyl (C=O) groups is 1. The van der Waals surface area contributed by atoms with Crippen molar-refractivity contribution < 1.29 is 18.7 Å². The normalized spacial score (nSPS) is 11.1. The Kier molecular flexibility index (Phi) is 8.91. The Bertz CT molecular complexity index is 1660. The summed E-state index contributed by atoms with van der Waals surface area (Å²) < 4.78 is 20.4. The number of ether oxygens (including phenoxy) is 2. The summed E-state index contributed by atoms with van der Waals surface area (Å²) in [5.74, 6) is 1.38. The molecule has 0 bridgehead atoms. The van der Waals surface area contributed by atoms with E-state index < -0.39 is 5.91 Å². The van der Waals surface area contributed by atoms with E-state index in [1.54, 1.807) is 24.3 Å². The molecule has 3 aromatic carbocycles. The number of amides is 1. The first-order chi connectivity index (χ1) is 19.9. The Balaban J connectivity index is 1.17. The molecular formula is C32H27BrClN3O4. The molecule has 0 saturated heterocycles. The number of rotatable bonds is 10. The third-order valence-electron chi connectivity index (χ3n) is 6.27. The predicted molar refractivity (Wildman–Crippen MR) is 163 cm³/mol. The average molecular weight is 633 g/mol. The molecule has 5 rings (SSSR count). The predicted octanol–water partition coefficient (Wildman–Crippen LogP) is 8.02. The van der Waals surface area contributed by atoms with Crippen LogP contribution < -0.4 is 14.9 Å². The Hall–Kier alpha value is -4.27. The summed E-state index contributed by atoms with van der Waals surface area (Å²) in [4.78, 5) is 12.6. The number of hydrogen-bond acceptors (Lipinski definition) is 5. The first-order valence-corrected chi connectivity index (χ1v) is 14.0. The van der Waals surface area contributed by atoms with Crippen LogP contribution >= 0.6 is 27.5 Å². The standard InChI is InChI=1S/C32H27BrClN3O4/c1-21-8-9-22(2)37(21)26-10-12-27(13-11-26)39-20-28-14-15-30(41-28)32(38)36-35-18-24-16-25(34)17-29(33)31(24)40-19-23-6-4-3-5-7-23/h3-18H,19-20H2,1-2H3,(H,36,38)/b35-18+. The van der Waals surface area contributed by atoms with Crippen LogP contribution in [0.2, 0.25) is 5.02 Å². The van der Waals surface area contributed by atoms with Gasteiger partial charge in [-0.3, -0.25) is 4.79 Å². The van der Waals surface area contributed by atoms with Crippen molar-refractivity contribution in [2.24, 2.45) is 5.10 Å². The highest BCUT2D eigenvalue weighted by atomic mass is 79.9. The van der Waals surface area contributed by atoms with Gasteiger partial charge in [-0.25, -0.2) is 5.43 Å². The molecule has 2 heterocycles. The van der Waals surface area contributed by atoms with Crippen LogP contribution in [0.1, 0.15) is 38.8 Å². The van der Waals surface area contributed by atoms with Crippen LogP contribution in [0.15, 0.2) is 105 Å². The summed E-state index contributed by atoms with van der Waals surface area (Å²) in [6.07, 6.45) is 1.47. The van der Waals surface area contributed by atoms with E-state index in [0.717, 1.165) is 11.3 Å². The Morgan fingerprint density at radius 2 is 1.68 bits per heavy atom. The molecule has 208 valence electrons. The van der Waals surface area contributed by atoms with Gasteiger partial charge < -0.3 is 18.5 Å². The van der Waals surface area contributed by atoms with Gasteiger partial charge in [-0.15, -0.1) is 0 Å². The number of halogens is 2. The van der Waals surface area contributed by atoms with Gasteiger partial charge in [0.1, 0.15) is 30.5 Å². The van der Waals surface area contributed by atoms with E-state index in [1.165, 1.54) is 17.6 Å². The van der Waals surface area contributed by atoms with Crippen LogP contribution in [0.5, 0.6) is 11.5 Å². The molecule has 0 aliphatic heterocycles. The minimum Gasteiger partial charge on any atom is -0.487 e. The SMILES string of the molecule is Cc1ccc(C)n1-c1ccc(OCc2ccc(C(=O)N/N=C/c3cc(Cl)cc(Br)c3OCc3ccccc3)o2)cc1. The number of hydrazone groups is 1. The summed E-state index contributed by atoms with van der Waals surface area (Å²) in [6.45, 7) is 4.68. The van der Waals surface area contributed by atoms with Crippen LogP contribution in [0, 0.1) is 13.8 Å². The van der Waals surface area contributed by atoms with Gasteiger partial charge in [0.15, 0.2) is 5.76 Å². The van der Waals surface area contributed by atoms with Crippen LogP contribution in [0.25, 0.3) is 5.69 Å². The number of aromatic nitrogens is 1. The minimum absolute atomic E-state index is 0.113. The van der Waals surface area contributed by atoms with Crippen LogP contribution in [-0.4, -0.2) is 16.7 Å². The monoisotopic (exact) mass is 631 g/mol. The zero-order chi connectivity index (χ0) is 28.8. The summed E-state index contributed by atoms with van der Waals surface area (Å²) in [5, 5.41) is 4.58. The number of carbonyl (C=O) groups excluding carboxylic acids is 1.